The first kappa shape index (κ1) is 16.5. The second-order valence-electron chi connectivity index (χ2n) is 6.68. The Hall–Kier alpha value is -1.37. The average molecular weight is 339 g/mol. The molecule has 128 valence electrons. The molecule has 0 bridgehead atoms. The molecule has 7 heteroatoms. The molecule has 3 rings (SSSR count). The van der Waals surface area contributed by atoms with E-state index in [-0.39, 0.29) is 23.0 Å². The van der Waals surface area contributed by atoms with Crippen LogP contribution in [0, 0.1) is 0 Å². The third-order valence-corrected chi connectivity index (χ3v) is 7.18. The summed E-state index contributed by atoms with van der Waals surface area (Å²) in [6, 6.07) is 1.91. The van der Waals surface area contributed by atoms with Gasteiger partial charge in [-0.15, -0.1) is 0 Å². The van der Waals surface area contributed by atoms with Crippen molar-refractivity contribution in [2.24, 2.45) is 0 Å². The van der Waals surface area contributed by atoms with E-state index in [1.807, 2.05) is 16.9 Å². The lowest BCUT2D eigenvalue weighted by Crippen LogP contribution is -2.48. The van der Waals surface area contributed by atoms with Gasteiger partial charge in [-0.2, -0.15) is 5.10 Å². The quantitative estimate of drug-likeness (QED) is 0.817. The standard InChI is InChI=1S/C16H25N3O3S/c20-16(13-23(21,22)15-7-1-2-8-15)19-11-4-3-6-14(19)12-18-10-5-9-17-18/h5,9-10,14-15H,1-4,6-8,11-13H2/t14-/m1/s1. The minimum absolute atomic E-state index is 0.0509. The minimum atomic E-state index is -3.31. The highest BCUT2D eigenvalue weighted by molar-refractivity contribution is 7.92. The number of nitrogens with zero attached hydrogens (tertiary/aromatic N) is 3. The van der Waals surface area contributed by atoms with Gasteiger partial charge < -0.3 is 4.90 Å². The zero-order chi connectivity index (χ0) is 16.3. The van der Waals surface area contributed by atoms with E-state index in [1.54, 1.807) is 11.1 Å². The van der Waals surface area contributed by atoms with Crippen molar-refractivity contribution in [3.8, 4) is 0 Å². The summed E-state index contributed by atoms with van der Waals surface area (Å²) in [4.78, 5) is 14.4. The van der Waals surface area contributed by atoms with Crippen molar-refractivity contribution in [3.05, 3.63) is 18.5 Å². The van der Waals surface area contributed by atoms with Gasteiger partial charge in [0.1, 0.15) is 5.75 Å². The molecule has 23 heavy (non-hydrogen) atoms. The van der Waals surface area contributed by atoms with Crippen LogP contribution < -0.4 is 0 Å². The minimum Gasteiger partial charge on any atom is -0.337 e. The Kier molecular flexibility index (Phi) is 5.04. The normalized spacial score (nSPS) is 23.3. The van der Waals surface area contributed by atoms with Crippen LogP contribution in [0.3, 0.4) is 0 Å². The van der Waals surface area contributed by atoms with Crippen LogP contribution in [-0.2, 0) is 21.2 Å². The third kappa shape index (κ3) is 3.94. The molecule has 2 aliphatic rings. The Morgan fingerprint density at radius 3 is 2.57 bits per heavy atom. The van der Waals surface area contributed by atoms with E-state index >= 15 is 0 Å². The number of sulfone groups is 1. The average Bonchev–Trinajstić information content (AvgIpc) is 3.21. The van der Waals surface area contributed by atoms with E-state index < -0.39 is 9.84 Å². The summed E-state index contributed by atoms with van der Waals surface area (Å²) < 4.78 is 26.7. The molecule has 0 radical (unpaired) electrons. The number of hydrogen-bond acceptors (Lipinski definition) is 4. The van der Waals surface area contributed by atoms with Crippen molar-refractivity contribution in [3.63, 3.8) is 0 Å². The van der Waals surface area contributed by atoms with Crippen LogP contribution in [0.15, 0.2) is 18.5 Å². The highest BCUT2D eigenvalue weighted by atomic mass is 32.2. The van der Waals surface area contributed by atoms with Crippen LogP contribution in [-0.4, -0.2) is 52.6 Å². The van der Waals surface area contributed by atoms with Gasteiger partial charge in [0.25, 0.3) is 0 Å². The molecule has 1 saturated carbocycles. The van der Waals surface area contributed by atoms with Crippen molar-refractivity contribution < 1.29 is 13.2 Å². The molecule has 1 atom stereocenters. The molecule has 0 aromatic carbocycles. The number of hydrogen-bond donors (Lipinski definition) is 0. The van der Waals surface area contributed by atoms with Crippen molar-refractivity contribution in [1.29, 1.82) is 0 Å². The maximum Gasteiger partial charge on any atom is 0.238 e. The molecule has 1 aromatic rings. The maximum atomic E-state index is 12.6. The lowest BCUT2D eigenvalue weighted by Gasteiger charge is -2.36. The van der Waals surface area contributed by atoms with Crippen LogP contribution in [0.5, 0.6) is 0 Å². The fourth-order valence-corrected chi connectivity index (χ4v) is 5.56. The zero-order valence-electron chi connectivity index (χ0n) is 13.4. The summed E-state index contributed by atoms with van der Waals surface area (Å²) in [6.45, 7) is 1.30. The third-order valence-electron chi connectivity index (χ3n) is 5.04. The molecule has 1 aromatic heterocycles. The summed E-state index contributed by atoms with van der Waals surface area (Å²) in [7, 11) is -3.31. The van der Waals surface area contributed by atoms with Crippen molar-refractivity contribution in [2.75, 3.05) is 12.3 Å². The topological polar surface area (TPSA) is 72.3 Å². The lowest BCUT2D eigenvalue weighted by atomic mass is 10.0. The van der Waals surface area contributed by atoms with E-state index in [9.17, 15) is 13.2 Å². The van der Waals surface area contributed by atoms with Gasteiger partial charge in [0.15, 0.2) is 9.84 Å². The van der Waals surface area contributed by atoms with Crippen LogP contribution in [0.2, 0.25) is 0 Å². The van der Waals surface area contributed by atoms with Crippen molar-refractivity contribution >= 4 is 15.7 Å². The number of rotatable bonds is 5. The van der Waals surface area contributed by atoms with Crippen LogP contribution >= 0.6 is 0 Å². The summed E-state index contributed by atoms with van der Waals surface area (Å²) >= 11 is 0. The highest BCUT2D eigenvalue weighted by Crippen LogP contribution is 2.26. The van der Waals surface area contributed by atoms with Crippen molar-refractivity contribution in [1.82, 2.24) is 14.7 Å². The van der Waals surface area contributed by atoms with Gasteiger partial charge in [-0.05, 0) is 38.2 Å². The molecule has 1 aliphatic heterocycles. The largest absolute Gasteiger partial charge is 0.337 e. The molecule has 6 nitrogen and oxygen atoms in total. The molecule has 2 heterocycles. The van der Waals surface area contributed by atoms with Gasteiger partial charge >= 0.3 is 0 Å². The molecule has 0 spiro atoms. The first-order valence-corrected chi connectivity index (χ1v) is 10.3. The highest BCUT2D eigenvalue weighted by Gasteiger charge is 2.34. The number of carbonyl (C=O) groups is 1. The van der Waals surface area contributed by atoms with Crippen LogP contribution in [0.1, 0.15) is 44.9 Å². The molecular weight excluding hydrogens is 314 g/mol. The number of aromatic nitrogens is 2. The Bertz CT molecular complexity index is 621. The second kappa shape index (κ2) is 7.03. The summed E-state index contributed by atoms with van der Waals surface area (Å²) in [6.07, 6.45) is 9.89. The van der Waals surface area contributed by atoms with Gasteiger partial charge in [0, 0.05) is 18.9 Å². The number of amides is 1. The lowest BCUT2D eigenvalue weighted by molar-refractivity contribution is -0.132. The molecule has 1 aliphatic carbocycles. The summed E-state index contributed by atoms with van der Waals surface area (Å²) in [5.41, 5.74) is 0. The predicted molar refractivity (Wildman–Crippen MR) is 87.6 cm³/mol. The van der Waals surface area contributed by atoms with Gasteiger partial charge in [-0.25, -0.2) is 8.42 Å². The van der Waals surface area contributed by atoms with E-state index in [4.69, 9.17) is 0 Å². The van der Waals surface area contributed by atoms with E-state index in [1.165, 1.54) is 0 Å². The summed E-state index contributed by atoms with van der Waals surface area (Å²) in [5.74, 6) is -0.554. The van der Waals surface area contributed by atoms with Crippen molar-refractivity contribution in [2.45, 2.75) is 62.8 Å². The number of carbonyl (C=O) groups excluding carboxylic acids is 1. The fourth-order valence-electron chi connectivity index (χ4n) is 3.76. The van der Waals surface area contributed by atoms with Gasteiger partial charge in [-0.3, -0.25) is 9.48 Å². The second-order valence-corrected chi connectivity index (χ2v) is 8.96. The Morgan fingerprint density at radius 2 is 1.87 bits per heavy atom. The Labute approximate surface area is 137 Å². The fraction of sp³-hybridized carbons (Fsp3) is 0.750. The molecule has 1 amide bonds. The maximum absolute atomic E-state index is 12.6. The zero-order valence-corrected chi connectivity index (χ0v) is 14.2. The smallest absolute Gasteiger partial charge is 0.238 e. The monoisotopic (exact) mass is 339 g/mol. The summed E-state index contributed by atoms with van der Waals surface area (Å²) in [5, 5.41) is 3.90. The first-order valence-electron chi connectivity index (χ1n) is 8.55. The van der Waals surface area contributed by atoms with Crippen LogP contribution in [0.25, 0.3) is 0 Å². The molecular formula is C16H25N3O3S. The van der Waals surface area contributed by atoms with Gasteiger partial charge in [0.05, 0.1) is 17.8 Å². The molecule has 2 fully saturated rings. The molecule has 0 unspecified atom stereocenters. The molecule has 1 saturated heterocycles. The Morgan fingerprint density at radius 1 is 1.13 bits per heavy atom. The van der Waals surface area contributed by atoms with E-state index in [0.717, 1.165) is 32.1 Å². The Balaban J connectivity index is 1.66. The first-order chi connectivity index (χ1) is 11.1. The predicted octanol–water partition coefficient (Wildman–Crippen LogP) is 1.62. The molecule has 0 N–H and O–H groups in total. The SMILES string of the molecule is O=C(CS(=O)(=O)C1CCCC1)N1CCCC[C@@H]1Cn1cccn1. The van der Waals surface area contributed by atoms with Gasteiger partial charge in [0.2, 0.25) is 5.91 Å². The van der Waals surface area contributed by atoms with E-state index in [2.05, 4.69) is 5.10 Å². The van der Waals surface area contributed by atoms with E-state index in [0.29, 0.717) is 25.9 Å². The van der Waals surface area contributed by atoms with Gasteiger partial charge in [-0.1, -0.05) is 12.8 Å². The van der Waals surface area contributed by atoms with Crippen LogP contribution in [0.4, 0.5) is 0 Å². The number of piperidine rings is 1. The number of likely N-dealkylation sites (tertiary alicyclic amines) is 1.